The summed E-state index contributed by atoms with van der Waals surface area (Å²) in [6.07, 6.45) is 3.74. The molecule has 0 aromatic heterocycles. The van der Waals surface area contributed by atoms with Crippen LogP contribution in [0.5, 0.6) is 0 Å². The van der Waals surface area contributed by atoms with Crippen molar-refractivity contribution in [2.24, 2.45) is 5.92 Å². The van der Waals surface area contributed by atoms with Crippen molar-refractivity contribution in [1.29, 1.82) is 0 Å². The van der Waals surface area contributed by atoms with Crippen molar-refractivity contribution < 1.29 is 14.3 Å². The third-order valence-electron chi connectivity index (χ3n) is 3.11. The maximum Gasteiger partial charge on any atom is 0.220 e. The first-order valence-corrected chi connectivity index (χ1v) is 6.87. The highest BCUT2D eigenvalue weighted by atomic mass is 16.5. The molecule has 0 radical (unpaired) electrons. The Labute approximate surface area is 110 Å². The molecule has 1 atom stereocenters. The third kappa shape index (κ3) is 7.63. The summed E-state index contributed by atoms with van der Waals surface area (Å²) in [6.45, 7) is 4.83. The van der Waals surface area contributed by atoms with Gasteiger partial charge in [0.25, 0.3) is 0 Å². The van der Waals surface area contributed by atoms with Crippen LogP contribution in [0.15, 0.2) is 0 Å². The van der Waals surface area contributed by atoms with Crippen LogP contribution in [-0.4, -0.2) is 52.5 Å². The van der Waals surface area contributed by atoms with E-state index in [0.717, 1.165) is 45.5 Å². The largest absolute Gasteiger partial charge is 0.382 e. The zero-order chi connectivity index (χ0) is 13.1. The topological polar surface area (TPSA) is 59.6 Å². The number of amides is 1. The Kier molecular flexibility index (Phi) is 8.81. The highest BCUT2D eigenvalue weighted by molar-refractivity contribution is 5.76. The predicted octanol–water partition coefficient (Wildman–Crippen LogP) is 0.545. The lowest BCUT2D eigenvalue weighted by molar-refractivity contribution is -0.121. The maximum absolute atomic E-state index is 11.6. The van der Waals surface area contributed by atoms with E-state index in [1.165, 1.54) is 0 Å². The van der Waals surface area contributed by atoms with E-state index in [0.29, 0.717) is 25.6 Å². The molecule has 1 aliphatic heterocycles. The molecule has 1 saturated heterocycles. The molecule has 0 aromatic rings. The summed E-state index contributed by atoms with van der Waals surface area (Å²) in [5.41, 5.74) is 0. The molecule has 0 aliphatic carbocycles. The average Bonchev–Trinajstić information content (AvgIpc) is 2.85. The van der Waals surface area contributed by atoms with Gasteiger partial charge in [-0.2, -0.15) is 0 Å². The minimum atomic E-state index is 0.184. The zero-order valence-corrected chi connectivity index (χ0v) is 11.4. The molecule has 1 aliphatic rings. The van der Waals surface area contributed by atoms with Crippen molar-refractivity contribution in [3.63, 3.8) is 0 Å². The van der Waals surface area contributed by atoms with Gasteiger partial charge >= 0.3 is 0 Å². The maximum atomic E-state index is 11.6. The molecule has 106 valence electrons. The molecule has 18 heavy (non-hydrogen) atoms. The molecule has 1 amide bonds. The molecular weight excluding hydrogens is 232 g/mol. The predicted molar refractivity (Wildman–Crippen MR) is 70.5 cm³/mol. The molecular formula is C13H26N2O3. The van der Waals surface area contributed by atoms with Crippen LogP contribution in [0.4, 0.5) is 0 Å². The molecule has 0 aromatic carbocycles. The van der Waals surface area contributed by atoms with E-state index in [1.807, 2.05) is 0 Å². The number of hydrogen-bond acceptors (Lipinski definition) is 4. The number of nitrogens with one attached hydrogen (secondary N) is 2. The normalized spacial score (nSPS) is 19.1. The van der Waals surface area contributed by atoms with Gasteiger partial charge in [0, 0.05) is 26.7 Å². The van der Waals surface area contributed by atoms with Crippen molar-refractivity contribution >= 4 is 5.91 Å². The fourth-order valence-electron chi connectivity index (χ4n) is 2.02. The van der Waals surface area contributed by atoms with Gasteiger partial charge in [0.15, 0.2) is 0 Å². The number of unbranched alkanes of at least 4 members (excludes halogenated alkanes) is 1. The van der Waals surface area contributed by atoms with E-state index < -0.39 is 0 Å². The quantitative estimate of drug-likeness (QED) is 0.562. The Bertz CT molecular complexity index is 218. The number of carbonyl (C=O) groups is 1. The standard InChI is InChI=1S/C13H26N2O3/c1-17-8-9-18-7-3-2-5-15-13(16)10-12-4-6-14-11-12/h12,14H,2-11H2,1H3,(H,15,16). The van der Waals surface area contributed by atoms with Crippen LogP contribution in [0.3, 0.4) is 0 Å². The Morgan fingerprint density at radius 1 is 1.33 bits per heavy atom. The van der Waals surface area contributed by atoms with Crippen molar-refractivity contribution in [1.82, 2.24) is 10.6 Å². The minimum Gasteiger partial charge on any atom is -0.382 e. The van der Waals surface area contributed by atoms with Crippen molar-refractivity contribution in [2.75, 3.05) is 46.6 Å². The van der Waals surface area contributed by atoms with Gasteiger partial charge in [-0.25, -0.2) is 0 Å². The lowest BCUT2D eigenvalue weighted by Gasteiger charge is -2.09. The van der Waals surface area contributed by atoms with Gasteiger partial charge in [0.1, 0.15) is 0 Å². The van der Waals surface area contributed by atoms with E-state index in [2.05, 4.69) is 10.6 Å². The van der Waals surface area contributed by atoms with Gasteiger partial charge in [-0.3, -0.25) is 4.79 Å². The number of methoxy groups -OCH3 is 1. The summed E-state index contributed by atoms with van der Waals surface area (Å²) in [5, 5.41) is 6.24. The second-order valence-corrected chi connectivity index (χ2v) is 4.73. The van der Waals surface area contributed by atoms with Crippen molar-refractivity contribution in [3.8, 4) is 0 Å². The molecule has 0 bridgehead atoms. The second kappa shape index (κ2) is 10.3. The van der Waals surface area contributed by atoms with E-state index >= 15 is 0 Å². The van der Waals surface area contributed by atoms with Gasteiger partial charge in [-0.15, -0.1) is 0 Å². The molecule has 2 N–H and O–H groups in total. The molecule has 5 nitrogen and oxygen atoms in total. The van der Waals surface area contributed by atoms with Gasteiger partial charge < -0.3 is 20.1 Å². The van der Waals surface area contributed by atoms with Crippen molar-refractivity contribution in [2.45, 2.75) is 25.7 Å². The lowest BCUT2D eigenvalue weighted by Crippen LogP contribution is -2.27. The Morgan fingerprint density at radius 3 is 2.94 bits per heavy atom. The second-order valence-electron chi connectivity index (χ2n) is 4.73. The van der Waals surface area contributed by atoms with E-state index in [4.69, 9.17) is 9.47 Å². The lowest BCUT2D eigenvalue weighted by atomic mass is 10.0. The first-order valence-electron chi connectivity index (χ1n) is 6.87. The smallest absolute Gasteiger partial charge is 0.220 e. The number of rotatable bonds is 10. The fourth-order valence-corrected chi connectivity index (χ4v) is 2.02. The van der Waals surface area contributed by atoms with Gasteiger partial charge in [-0.1, -0.05) is 0 Å². The van der Waals surface area contributed by atoms with Gasteiger partial charge in [0.2, 0.25) is 5.91 Å². The molecule has 0 spiro atoms. The van der Waals surface area contributed by atoms with Crippen LogP contribution in [-0.2, 0) is 14.3 Å². The molecule has 0 saturated carbocycles. The summed E-state index contributed by atoms with van der Waals surface area (Å²) in [5.74, 6) is 0.714. The number of ether oxygens (including phenoxy) is 2. The van der Waals surface area contributed by atoms with E-state index in [-0.39, 0.29) is 5.91 Å². The van der Waals surface area contributed by atoms with Gasteiger partial charge in [0.05, 0.1) is 13.2 Å². The monoisotopic (exact) mass is 258 g/mol. The molecule has 1 fully saturated rings. The van der Waals surface area contributed by atoms with Crippen LogP contribution in [0.2, 0.25) is 0 Å². The van der Waals surface area contributed by atoms with Gasteiger partial charge in [-0.05, 0) is 38.3 Å². The summed E-state index contributed by atoms with van der Waals surface area (Å²) >= 11 is 0. The first-order chi connectivity index (χ1) is 8.83. The Balaban J connectivity index is 1.83. The van der Waals surface area contributed by atoms with Crippen LogP contribution in [0.25, 0.3) is 0 Å². The first kappa shape index (κ1) is 15.4. The third-order valence-corrected chi connectivity index (χ3v) is 3.11. The fraction of sp³-hybridized carbons (Fsp3) is 0.923. The highest BCUT2D eigenvalue weighted by Gasteiger charge is 2.17. The number of hydrogen-bond donors (Lipinski definition) is 2. The zero-order valence-electron chi connectivity index (χ0n) is 11.4. The van der Waals surface area contributed by atoms with E-state index in [9.17, 15) is 4.79 Å². The highest BCUT2D eigenvalue weighted by Crippen LogP contribution is 2.11. The molecule has 1 unspecified atom stereocenters. The Hall–Kier alpha value is -0.650. The van der Waals surface area contributed by atoms with Crippen LogP contribution < -0.4 is 10.6 Å². The van der Waals surface area contributed by atoms with Crippen LogP contribution in [0, 0.1) is 5.92 Å². The number of carbonyl (C=O) groups excluding carboxylic acids is 1. The Morgan fingerprint density at radius 2 is 2.22 bits per heavy atom. The van der Waals surface area contributed by atoms with Crippen molar-refractivity contribution in [3.05, 3.63) is 0 Å². The molecule has 1 rings (SSSR count). The van der Waals surface area contributed by atoms with E-state index in [1.54, 1.807) is 7.11 Å². The average molecular weight is 258 g/mol. The summed E-state index contributed by atoms with van der Waals surface area (Å²) in [6, 6.07) is 0. The summed E-state index contributed by atoms with van der Waals surface area (Å²) in [7, 11) is 1.67. The summed E-state index contributed by atoms with van der Waals surface area (Å²) in [4.78, 5) is 11.6. The van der Waals surface area contributed by atoms with Crippen LogP contribution >= 0.6 is 0 Å². The summed E-state index contributed by atoms with van der Waals surface area (Å²) < 4.78 is 10.2. The SMILES string of the molecule is COCCOCCCCNC(=O)CC1CCNC1. The molecule has 1 heterocycles. The molecule has 5 heteroatoms. The van der Waals surface area contributed by atoms with Crippen LogP contribution in [0.1, 0.15) is 25.7 Å². The minimum absolute atomic E-state index is 0.184.